The van der Waals surface area contributed by atoms with Crippen LogP contribution in [0.2, 0.25) is 0 Å². The number of hydrogen-bond acceptors (Lipinski definition) is 2. The second-order valence-corrected chi connectivity index (χ2v) is 5.38. The van der Waals surface area contributed by atoms with Crippen molar-refractivity contribution in [1.82, 2.24) is 0 Å². The van der Waals surface area contributed by atoms with E-state index in [4.69, 9.17) is 5.11 Å². The Hall–Kier alpha value is -2.13. The van der Waals surface area contributed by atoms with Gasteiger partial charge in [-0.3, -0.25) is 0 Å². The molecule has 0 saturated heterocycles. The fourth-order valence-electron chi connectivity index (χ4n) is 2.29. The largest absolute Gasteiger partial charge is 0.478 e. The Balaban J connectivity index is 2.06. The molecule has 0 aliphatic rings. The normalized spacial score (nSPS) is 10.7. The van der Waals surface area contributed by atoms with Crippen molar-refractivity contribution in [3.05, 3.63) is 69.9 Å². The van der Waals surface area contributed by atoms with Gasteiger partial charge in [0.25, 0.3) is 0 Å². The highest BCUT2D eigenvalue weighted by Gasteiger charge is 2.12. The summed E-state index contributed by atoms with van der Waals surface area (Å²) in [6.07, 6.45) is 0.667. The first kappa shape index (κ1) is 11.9. The predicted octanol–water partition coefficient (Wildman–Crippen LogP) is 4.19. The zero-order valence-electron chi connectivity index (χ0n) is 10.2. The van der Waals surface area contributed by atoms with E-state index < -0.39 is 5.97 Å². The molecule has 0 fully saturated rings. The van der Waals surface area contributed by atoms with Gasteiger partial charge in [0, 0.05) is 11.3 Å². The minimum absolute atomic E-state index is 0.415. The van der Waals surface area contributed by atoms with Crippen molar-refractivity contribution in [1.29, 1.82) is 0 Å². The molecule has 0 bridgehead atoms. The summed E-state index contributed by atoms with van der Waals surface area (Å²) in [7, 11) is 0. The number of fused-ring (bicyclic) bond motifs is 1. The third-order valence-electron chi connectivity index (χ3n) is 3.21. The fourth-order valence-corrected chi connectivity index (χ4v) is 3.18. The number of benzene rings is 2. The van der Waals surface area contributed by atoms with Gasteiger partial charge in [-0.05, 0) is 27.8 Å². The Labute approximate surface area is 114 Å². The van der Waals surface area contributed by atoms with E-state index in [9.17, 15) is 4.79 Å². The van der Waals surface area contributed by atoms with Crippen LogP contribution < -0.4 is 0 Å². The summed E-state index contributed by atoms with van der Waals surface area (Å²) >= 11 is 1.50. The van der Waals surface area contributed by atoms with Crippen LogP contribution in [0.1, 0.15) is 20.8 Å². The highest BCUT2D eigenvalue weighted by atomic mass is 32.1. The van der Waals surface area contributed by atoms with E-state index in [0.717, 1.165) is 4.88 Å². The topological polar surface area (TPSA) is 37.3 Å². The van der Waals surface area contributed by atoms with Crippen LogP contribution in [0, 0.1) is 0 Å². The lowest BCUT2D eigenvalue weighted by Crippen LogP contribution is -1.99. The van der Waals surface area contributed by atoms with Crippen LogP contribution in [-0.2, 0) is 6.42 Å². The minimum Gasteiger partial charge on any atom is -0.478 e. The molecule has 0 amide bonds. The van der Waals surface area contributed by atoms with Gasteiger partial charge in [-0.2, -0.15) is 0 Å². The van der Waals surface area contributed by atoms with E-state index in [1.807, 2.05) is 23.6 Å². The molecule has 3 heteroatoms. The quantitative estimate of drug-likeness (QED) is 0.773. The molecular formula is C16H12O2S. The van der Waals surface area contributed by atoms with Crippen LogP contribution in [0.3, 0.4) is 0 Å². The maximum Gasteiger partial charge on any atom is 0.336 e. The van der Waals surface area contributed by atoms with E-state index in [2.05, 4.69) is 24.3 Å². The lowest BCUT2D eigenvalue weighted by molar-refractivity contribution is 0.0696. The van der Waals surface area contributed by atoms with Gasteiger partial charge in [-0.15, -0.1) is 11.3 Å². The second-order valence-electron chi connectivity index (χ2n) is 4.38. The highest BCUT2D eigenvalue weighted by Crippen LogP contribution is 2.25. The molecule has 0 atom stereocenters. The van der Waals surface area contributed by atoms with Gasteiger partial charge < -0.3 is 5.11 Å². The first-order valence-corrected chi connectivity index (χ1v) is 6.90. The number of rotatable bonds is 3. The lowest BCUT2D eigenvalue weighted by Gasteiger charge is -2.06. The van der Waals surface area contributed by atoms with Crippen LogP contribution in [0.25, 0.3) is 10.8 Å². The Morgan fingerprint density at radius 2 is 1.84 bits per heavy atom. The van der Waals surface area contributed by atoms with Crippen molar-refractivity contribution >= 4 is 28.1 Å². The lowest BCUT2D eigenvalue weighted by atomic mass is 10.0. The third kappa shape index (κ3) is 2.25. The molecule has 2 nitrogen and oxygen atoms in total. The van der Waals surface area contributed by atoms with Gasteiger partial charge in [-0.1, -0.05) is 42.5 Å². The molecular weight excluding hydrogens is 256 g/mol. The molecule has 0 saturated carbocycles. The van der Waals surface area contributed by atoms with Crippen molar-refractivity contribution in [2.24, 2.45) is 0 Å². The number of hydrogen-bond donors (Lipinski definition) is 1. The molecule has 94 valence electrons. The van der Waals surface area contributed by atoms with Gasteiger partial charge >= 0.3 is 5.97 Å². The average Bonchev–Trinajstić information content (AvgIpc) is 2.87. The highest BCUT2D eigenvalue weighted by molar-refractivity contribution is 7.10. The van der Waals surface area contributed by atoms with Crippen molar-refractivity contribution < 1.29 is 9.90 Å². The first-order valence-electron chi connectivity index (χ1n) is 6.02. The molecule has 1 aromatic heterocycles. The SMILES string of the molecule is O=C(O)c1ccsc1Cc1cccc2ccccc12. The van der Waals surface area contributed by atoms with Crippen molar-refractivity contribution in [3.8, 4) is 0 Å². The Morgan fingerprint density at radius 3 is 2.68 bits per heavy atom. The maximum atomic E-state index is 11.1. The van der Waals surface area contributed by atoms with Crippen LogP contribution >= 0.6 is 11.3 Å². The summed E-state index contributed by atoms with van der Waals surface area (Å²) in [6, 6.07) is 16.0. The molecule has 0 aliphatic carbocycles. The summed E-state index contributed by atoms with van der Waals surface area (Å²) in [5.74, 6) is -0.850. The van der Waals surface area contributed by atoms with Gasteiger partial charge in [0.2, 0.25) is 0 Å². The van der Waals surface area contributed by atoms with Gasteiger partial charge in [0.1, 0.15) is 0 Å². The molecule has 0 radical (unpaired) electrons. The number of carboxylic acids is 1. The Morgan fingerprint density at radius 1 is 1.05 bits per heavy atom. The van der Waals surface area contributed by atoms with Crippen molar-refractivity contribution in [2.45, 2.75) is 6.42 Å². The molecule has 0 unspecified atom stereocenters. The first-order chi connectivity index (χ1) is 9.25. The Bertz CT molecular complexity index is 738. The average molecular weight is 268 g/mol. The number of carboxylic acid groups (broad SMARTS) is 1. The number of aromatic carboxylic acids is 1. The van der Waals surface area contributed by atoms with Crippen molar-refractivity contribution in [2.75, 3.05) is 0 Å². The van der Waals surface area contributed by atoms with Crippen LogP contribution in [0.5, 0.6) is 0 Å². The minimum atomic E-state index is -0.850. The monoisotopic (exact) mass is 268 g/mol. The standard InChI is InChI=1S/C16H12O2S/c17-16(18)14-8-9-19-15(14)10-12-6-3-5-11-4-1-2-7-13(11)12/h1-9H,10H2,(H,17,18). The summed E-state index contributed by atoms with van der Waals surface area (Å²) in [4.78, 5) is 12.0. The van der Waals surface area contributed by atoms with Crippen LogP contribution in [0.15, 0.2) is 53.9 Å². The van der Waals surface area contributed by atoms with Crippen LogP contribution in [-0.4, -0.2) is 11.1 Å². The molecule has 3 aromatic rings. The molecule has 0 spiro atoms. The smallest absolute Gasteiger partial charge is 0.336 e. The molecule has 2 aromatic carbocycles. The zero-order chi connectivity index (χ0) is 13.2. The second kappa shape index (κ2) is 4.86. The van der Waals surface area contributed by atoms with E-state index >= 15 is 0 Å². The number of thiophene rings is 1. The van der Waals surface area contributed by atoms with Gasteiger partial charge in [-0.25, -0.2) is 4.79 Å². The molecule has 0 aliphatic heterocycles. The molecule has 19 heavy (non-hydrogen) atoms. The van der Waals surface area contributed by atoms with Gasteiger partial charge in [0.05, 0.1) is 5.56 Å². The maximum absolute atomic E-state index is 11.1. The van der Waals surface area contributed by atoms with Crippen LogP contribution in [0.4, 0.5) is 0 Å². The van der Waals surface area contributed by atoms with E-state index in [-0.39, 0.29) is 0 Å². The van der Waals surface area contributed by atoms with Gasteiger partial charge in [0.15, 0.2) is 0 Å². The third-order valence-corrected chi connectivity index (χ3v) is 4.13. The fraction of sp³-hybridized carbons (Fsp3) is 0.0625. The van der Waals surface area contributed by atoms with E-state index in [1.165, 1.54) is 27.7 Å². The zero-order valence-corrected chi connectivity index (χ0v) is 11.0. The van der Waals surface area contributed by atoms with E-state index in [1.54, 1.807) is 6.07 Å². The summed E-state index contributed by atoms with van der Waals surface area (Å²) < 4.78 is 0. The molecule has 1 N–H and O–H groups in total. The Kier molecular flexibility index (Phi) is 3.05. The molecule has 3 rings (SSSR count). The summed E-state index contributed by atoms with van der Waals surface area (Å²) in [5, 5.41) is 13.4. The summed E-state index contributed by atoms with van der Waals surface area (Å²) in [5.41, 5.74) is 1.58. The van der Waals surface area contributed by atoms with E-state index in [0.29, 0.717) is 12.0 Å². The summed E-state index contributed by atoms with van der Waals surface area (Å²) in [6.45, 7) is 0. The predicted molar refractivity (Wildman–Crippen MR) is 78.0 cm³/mol. The van der Waals surface area contributed by atoms with Crippen molar-refractivity contribution in [3.63, 3.8) is 0 Å². The molecule has 1 heterocycles. The number of carbonyl (C=O) groups is 1.